The minimum Gasteiger partial charge on any atom is -0.457 e. The van der Waals surface area contributed by atoms with Crippen molar-refractivity contribution in [1.29, 1.82) is 0 Å². The molecule has 2 heterocycles. The predicted octanol–water partition coefficient (Wildman–Crippen LogP) is 3.14. The fourth-order valence-electron chi connectivity index (χ4n) is 2.97. The first-order valence-electron chi connectivity index (χ1n) is 8.06. The number of esters is 1. The van der Waals surface area contributed by atoms with Crippen LogP contribution in [0.4, 0.5) is 5.69 Å². The Hall–Kier alpha value is -2.47. The van der Waals surface area contributed by atoms with Crippen molar-refractivity contribution in [1.82, 2.24) is 0 Å². The van der Waals surface area contributed by atoms with Crippen molar-refractivity contribution in [2.75, 3.05) is 18.1 Å². The van der Waals surface area contributed by atoms with E-state index in [1.807, 2.05) is 32.0 Å². The molecule has 0 N–H and O–H groups in total. The molecule has 1 aromatic carbocycles. The van der Waals surface area contributed by atoms with Gasteiger partial charge in [-0.15, -0.1) is 11.3 Å². The van der Waals surface area contributed by atoms with Crippen LogP contribution in [0.3, 0.4) is 0 Å². The number of Topliss-reactive ketones (excluding diaryl/α,β-unsaturated/α-hetero) is 1. The van der Waals surface area contributed by atoms with E-state index in [1.54, 1.807) is 22.4 Å². The van der Waals surface area contributed by atoms with Crippen LogP contribution < -0.4 is 4.90 Å². The highest BCUT2D eigenvalue weighted by Gasteiger charge is 2.36. The molecule has 1 fully saturated rings. The molecule has 0 aliphatic carbocycles. The number of hydrogen-bond acceptors (Lipinski definition) is 5. The Morgan fingerprint density at radius 1 is 1.28 bits per heavy atom. The maximum absolute atomic E-state index is 12.3. The molecule has 6 heteroatoms. The molecule has 0 radical (unpaired) electrons. The zero-order valence-electron chi connectivity index (χ0n) is 14.2. The summed E-state index contributed by atoms with van der Waals surface area (Å²) in [6.07, 6.45) is 0.110. The van der Waals surface area contributed by atoms with Gasteiger partial charge in [0.2, 0.25) is 11.7 Å². The van der Waals surface area contributed by atoms with E-state index >= 15 is 0 Å². The number of anilines is 1. The van der Waals surface area contributed by atoms with Crippen molar-refractivity contribution in [2.45, 2.75) is 20.3 Å². The normalized spacial score (nSPS) is 17.0. The summed E-state index contributed by atoms with van der Waals surface area (Å²) in [5.74, 6) is -1.35. The first-order chi connectivity index (χ1) is 12.0. The summed E-state index contributed by atoms with van der Waals surface area (Å²) in [5, 5.41) is 1.80. The van der Waals surface area contributed by atoms with Gasteiger partial charge in [-0.25, -0.2) is 0 Å². The molecule has 1 amide bonds. The minimum absolute atomic E-state index is 0.0986. The molecular formula is C19H19NO4S. The largest absolute Gasteiger partial charge is 0.457 e. The minimum atomic E-state index is -0.538. The van der Waals surface area contributed by atoms with Gasteiger partial charge >= 0.3 is 5.97 Å². The molecule has 25 heavy (non-hydrogen) atoms. The van der Waals surface area contributed by atoms with Gasteiger partial charge in [-0.1, -0.05) is 23.8 Å². The maximum atomic E-state index is 12.3. The van der Waals surface area contributed by atoms with E-state index < -0.39 is 11.9 Å². The molecule has 0 saturated carbocycles. The van der Waals surface area contributed by atoms with E-state index in [1.165, 1.54) is 11.3 Å². The number of amides is 1. The molecule has 1 saturated heterocycles. The summed E-state index contributed by atoms with van der Waals surface area (Å²) in [7, 11) is 0. The van der Waals surface area contributed by atoms with Crippen molar-refractivity contribution in [3.63, 3.8) is 0 Å². The molecule has 0 bridgehead atoms. The summed E-state index contributed by atoms with van der Waals surface area (Å²) in [4.78, 5) is 38.6. The lowest BCUT2D eigenvalue weighted by molar-refractivity contribution is -0.147. The van der Waals surface area contributed by atoms with Crippen molar-refractivity contribution in [3.05, 3.63) is 51.7 Å². The van der Waals surface area contributed by atoms with Gasteiger partial charge in [0, 0.05) is 18.7 Å². The van der Waals surface area contributed by atoms with E-state index in [2.05, 4.69) is 0 Å². The van der Waals surface area contributed by atoms with Crippen LogP contribution >= 0.6 is 11.3 Å². The van der Waals surface area contributed by atoms with Crippen molar-refractivity contribution in [2.24, 2.45) is 5.92 Å². The highest BCUT2D eigenvalue weighted by molar-refractivity contribution is 7.12. The summed E-state index contributed by atoms with van der Waals surface area (Å²) < 4.78 is 5.13. The third-order valence-electron chi connectivity index (χ3n) is 4.24. The Morgan fingerprint density at radius 2 is 2.08 bits per heavy atom. The molecule has 130 valence electrons. The number of hydrogen-bond donors (Lipinski definition) is 0. The zero-order valence-corrected chi connectivity index (χ0v) is 15.0. The fraction of sp³-hybridized carbons (Fsp3) is 0.316. The van der Waals surface area contributed by atoms with E-state index in [0.29, 0.717) is 4.88 Å². The van der Waals surface area contributed by atoms with Gasteiger partial charge in [0.15, 0.2) is 6.61 Å². The monoisotopic (exact) mass is 357 g/mol. The standard InChI is InChI=1S/C19H19NO4S/c1-12-5-6-15(13(2)8-12)20-10-14(9-18(20)22)19(23)24-11-16(21)17-4-3-7-25-17/h3-8,14H,9-11H2,1-2H3/t14-/m1/s1. The van der Waals surface area contributed by atoms with Crippen LogP contribution in [0.25, 0.3) is 0 Å². The summed E-state index contributed by atoms with van der Waals surface area (Å²) in [6, 6.07) is 9.32. The lowest BCUT2D eigenvalue weighted by atomic mass is 10.1. The smallest absolute Gasteiger partial charge is 0.311 e. The van der Waals surface area contributed by atoms with Crippen LogP contribution in [0.15, 0.2) is 35.7 Å². The molecule has 1 aliphatic heterocycles. The van der Waals surface area contributed by atoms with Gasteiger partial charge in [-0.05, 0) is 36.9 Å². The zero-order chi connectivity index (χ0) is 18.0. The molecule has 0 unspecified atom stereocenters. The number of benzene rings is 1. The topological polar surface area (TPSA) is 63.7 Å². The molecule has 5 nitrogen and oxygen atoms in total. The third-order valence-corrected chi connectivity index (χ3v) is 5.15. The van der Waals surface area contributed by atoms with Gasteiger partial charge in [-0.2, -0.15) is 0 Å². The Morgan fingerprint density at radius 3 is 2.76 bits per heavy atom. The lowest BCUT2D eigenvalue weighted by Gasteiger charge is -2.19. The van der Waals surface area contributed by atoms with Gasteiger partial charge in [0.1, 0.15) is 0 Å². The summed E-state index contributed by atoms with van der Waals surface area (Å²) in [5.41, 5.74) is 2.94. The van der Waals surface area contributed by atoms with Crippen molar-refractivity contribution >= 4 is 34.7 Å². The van der Waals surface area contributed by atoms with Crippen LogP contribution in [0.1, 0.15) is 27.2 Å². The number of ketones is 1. The molecule has 1 atom stereocenters. The van der Waals surface area contributed by atoms with E-state index in [4.69, 9.17) is 4.74 Å². The van der Waals surface area contributed by atoms with Crippen LogP contribution in [-0.4, -0.2) is 30.8 Å². The fourth-order valence-corrected chi connectivity index (χ4v) is 3.62. The highest BCUT2D eigenvalue weighted by Crippen LogP contribution is 2.29. The van der Waals surface area contributed by atoms with E-state index in [9.17, 15) is 14.4 Å². The number of carbonyl (C=O) groups excluding carboxylic acids is 3. The molecule has 0 spiro atoms. The number of nitrogens with zero attached hydrogens (tertiary/aromatic N) is 1. The number of carbonyl (C=O) groups is 3. The van der Waals surface area contributed by atoms with Gasteiger partial charge in [0.05, 0.1) is 10.8 Å². The molecule has 1 aliphatic rings. The molecule has 1 aromatic heterocycles. The van der Waals surface area contributed by atoms with E-state index in [0.717, 1.165) is 16.8 Å². The number of thiophene rings is 1. The Labute approximate surface area is 150 Å². The second-order valence-corrected chi connectivity index (χ2v) is 7.15. The van der Waals surface area contributed by atoms with Crippen molar-refractivity contribution in [3.8, 4) is 0 Å². The highest BCUT2D eigenvalue weighted by atomic mass is 32.1. The van der Waals surface area contributed by atoms with Gasteiger partial charge < -0.3 is 9.64 Å². The summed E-state index contributed by atoms with van der Waals surface area (Å²) >= 11 is 1.31. The predicted molar refractivity (Wildman–Crippen MR) is 96.0 cm³/mol. The van der Waals surface area contributed by atoms with Crippen LogP contribution in [-0.2, 0) is 14.3 Å². The third kappa shape index (κ3) is 3.79. The quantitative estimate of drug-likeness (QED) is 0.609. The summed E-state index contributed by atoms with van der Waals surface area (Å²) in [6.45, 7) is 3.94. The lowest BCUT2D eigenvalue weighted by Crippen LogP contribution is -2.27. The average molecular weight is 357 g/mol. The van der Waals surface area contributed by atoms with Gasteiger partial charge in [-0.3, -0.25) is 14.4 Å². The first-order valence-corrected chi connectivity index (χ1v) is 8.94. The number of rotatable bonds is 5. The Bertz CT molecular complexity index is 813. The Balaban J connectivity index is 1.61. The van der Waals surface area contributed by atoms with E-state index in [-0.39, 0.29) is 31.3 Å². The maximum Gasteiger partial charge on any atom is 0.311 e. The second-order valence-electron chi connectivity index (χ2n) is 6.20. The molecular weight excluding hydrogens is 338 g/mol. The van der Waals surface area contributed by atoms with Crippen LogP contribution in [0.2, 0.25) is 0 Å². The van der Waals surface area contributed by atoms with Crippen LogP contribution in [0, 0.1) is 19.8 Å². The molecule has 2 aromatic rings. The molecule has 3 rings (SSSR count). The van der Waals surface area contributed by atoms with Crippen LogP contribution in [0.5, 0.6) is 0 Å². The Kier molecular flexibility index (Phi) is 4.99. The van der Waals surface area contributed by atoms with Crippen molar-refractivity contribution < 1.29 is 19.1 Å². The first kappa shape index (κ1) is 17.4. The average Bonchev–Trinajstić information content (AvgIpc) is 3.22. The number of ether oxygens (including phenoxy) is 1. The number of aryl methyl sites for hydroxylation is 2. The second kappa shape index (κ2) is 7.19. The van der Waals surface area contributed by atoms with Gasteiger partial charge in [0.25, 0.3) is 0 Å². The SMILES string of the molecule is Cc1ccc(N2C[C@H](C(=O)OCC(=O)c3cccs3)CC2=O)c(C)c1.